The van der Waals surface area contributed by atoms with Gasteiger partial charge in [-0.1, -0.05) is 0 Å². The topological polar surface area (TPSA) is 86.0 Å². The van der Waals surface area contributed by atoms with Gasteiger partial charge in [0.1, 0.15) is 5.56 Å². The van der Waals surface area contributed by atoms with E-state index in [1.807, 2.05) is 0 Å². The first-order valence-electron chi connectivity index (χ1n) is 7.56. The summed E-state index contributed by atoms with van der Waals surface area (Å²) in [6.07, 6.45) is 5.30. The quantitative estimate of drug-likeness (QED) is 0.857. The van der Waals surface area contributed by atoms with Crippen molar-refractivity contribution in [3.8, 4) is 0 Å². The first-order valence-corrected chi connectivity index (χ1v) is 7.56. The minimum absolute atomic E-state index is 0.0875. The summed E-state index contributed by atoms with van der Waals surface area (Å²) in [7, 11) is 1.59. The second kappa shape index (κ2) is 6.20. The molecule has 0 atom stereocenters. The maximum absolute atomic E-state index is 12.0. The van der Waals surface area contributed by atoms with Crippen LogP contribution < -0.4 is 16.4 Å². The van der Waals surface area contributed by atoms with Gasteiger partial charge in [-0.25, -0.2) is 4.98 Å². The third-order valence-electron chi connectivity index (χ3n) is 3.90. The number of rotatable bonds is 5. The summed E-state index contributed by atoms with van der Waals surface area (Å²) in [4.78, 5) is 40.1. The van der Waals surface area contributed by atoms with Gasteiger partial charge in [-0.2, -0.15) is 0 Å². The highest BCUT2D eigenvalue weighted by Crippen LogP contribution is 2.38. The molecule has 0 saturated heterocycles. The standard InChI is InChI=1S/C16H18N4O3/c1-19-7-2-3-12(16(19)23)15(22)17-6-8-20-10-18-13(9-14(20)21)11-4-5-11/h2-3,7,9-11H,4-6,8H2,1H3,(H,17,22). The normalized spacial score (nSPS) is 13.8. The summed E-state index contributed by atoms with van der Waals surface area (Å²) in [5.74, 6) is -0.00634. The van der Waals surface area contributed by atoms with E-state index < -0.39 is 5.91 Å². The number of nitrogens with zero attached hydrogens (tertiary/aromatic N) is 3. The van der Waals surface area contributed by atoms with Gasteiger partial charge in [0.25, 0.3) is 17.0 Å². The summed E-state index contributed by atoms with van der Waals surface area (Å²) in [6, 6.07) is 4.68. The van der Waals surface area contributed by atoms with Gasteiger partial charge >= 0.3 is 0 Å². The van der Waals surface area contributed by atoms with E-state index in [9.17, 15) is 14.4 Å². The number of aromatic nitrogens is 3. The lowest BCUT2D eigenvalue weighted by atomic mass is 10.2. The third-order valence-corrected chi connectivity index (χ3v) is 3.90. The van der Waals surface area contributed by atoms with E-state index in [1.165, 1.54) is 21.5 Å². The molecule has 1 aliphatic carbocycles. The largest absolute Gasteiger partial charge is 0.350 e. The van der Waals surface area contributed by atoms with Crippen molar-refractivity contribution >= 4 is 5.91 Å². The van der Waals surface area contributed by atoms with Crippen LogP contribution in [-0.4, -0.2) is 26.6 Å². The van der Waals surface area contributed by atoms with Crippen molar-refractivity contribution in [1.82, 2.24) is 19.4 Å². The number of nitrogens with one attached hydrogen (secondary N) is 1. The summed E-state index contributed by atoms with van der Waals surface area (Å²) in [5, 5.41) is 2.65. The van der Waals surface area contributed by atoms with E-state index >= 15 is 0 Å². The Morgan fingerprint density at radius 3 is 2.87 bits per heavy atom. The van der Waals surface area contributed by atoms with E-state index in [4.69, 9.17) is 0 Å². The molecule has 2 heterocycles. The van der Waals surface area contributed by atoms with Gasteiger partial charge < -0.3 is 9.88 Å². The maximum Gasteiger partial charge on any atom is 0.263 e. The average Bonchev–Trinajstić information content (AvgIpc) is 3.36. The van der Waals surface area contributed by atoms with Crippen molar-refractivity contribution in [2.24, 2.45) is 7.05 Å². The van der Waals surface area contributed by atoms with Crippen LogP contribution in [0.4, 0.5) is 0 Å². The fraction of sp³-hybridized carbons (Fsp3) is 0.375. The molecule has 0 radical (unpaired) electrons. The Balaban J connectivity index is 1.61. The molecule has 7 nitrogen and oxygen atoms in total. The molecule has 23 heavy (non-hydrogen) atoms. The van der Waals surface area contributed by atoms with Crippen LogP contribution in [0.2, 0.25) is 0 Å². The van der Waals surface area contributed by atoms with Crippen molar-refractivity contribution in [3.05, 3.63) is 62.7 Å². The van der Waals surface area contributed by atoms with Gasteiger partial charge in [-0.15, -0.1) is 0 Å². The number of amides is 1. The van der Waals surface area contributed by atoms with Gasteiger partial charge in [0.05, 0.1) is 12.0 Å². The van der Waals surface area contributed by atoms with E-state index in [2.05, 4.69) is 10.3 Å². The van der Waals surface area contributed by atoms with E-state index in [0.717, 1.165) is 18.5 Å². The minimum Gasteiger partial charge on any atom is -0.350 e. The van der Waals surface area contributed by atoms with Crippen molar-refractivity contribution in [2.45, 2.75) is 25.3 Å². The molecular formula is C16H18N4O3. The first-order chi connectivity index (χ1) is 11.1. The molecular weight excluding hydrogens is 296 g/mol. The predicted octanol–water partition coefficient (Wildman–Crippen LogP) is 0.249. The Labute approximate surface area is 132 Å². The minimum atomic E-state index is -0.443. The van der Waals surface area contributed by atoms with Crippen molar-refractivity contribution < 1.29 is 4.79 Å². The molecule has 2 aromatic rings. The smallest absolute Gasteiger partial charge is 0.263 e. The van der Waals surface area contributed by atoms with E-state index in [1.54, 1.807) is 25.4 Å². The summed E-state index contributed by atoms with van der Waals surface area (Å²) < 4.78 is 2.80. The molecule has 120 valence electrons. The lowest BCUT2D eigenvalue weighted by Gasteiger charge is -2.08. The predicted molar refractivity (Wildman–Crippen MR) is 84.5 cm³/mol. The van der Waals surface area contributed by atoms with Gasteiger partial charge in [-0.05, 0) is 25.0 Å². The second-order valence-corrected chi connectivity index (χ2v) is 5.71. The second-order valence-electron chi connectivity index (χ2n) is 5.71. The van der Waals surface area contributed by atoms with E-state index in [-0.39, 0.29) is 23.2 Å². The molecule has 0 bridgehead atoms. The molecule has 0 aromatic carbocycles. The van der Waals surface area contributed by atoms with Crippen LogP contribution in [0.15, 0.2) is 40.3 Å². The monoisotopic (exact) mass is 314 g/mol. The molecule has 0 unspecified atom stereocenters. The Morgan fingerprint density at radius 1 is 1.39 bits per heavy atom. The zero-order valence-electron chi connectivity index (χ0n) is 12.9. The number of carbonyl (C=O) groups is 1. The highest BCUT2D eigenvalue weighted by molar-refractivity contribution is 5.93. The third kappa shape index (κ3) is 3.39. The van der Waals surface area contributed by atoms with Gasteiger partial charge in [0.15, 0.2) is 0 Å². The molecule has 1 fully saturated rings. The van der Waals surface area contributed by atoms with Gasteiger partial charge in [0.2, 0.25) is 0 Å². The molecule has 3 rings (SSSR count). The number of hydrogen-bond donors (Lipinski definition) is 1. The zero-order chi connectivity index (χ0) is 16.4. The van der Waals surface area contributed by atoms with Gasteiger partial charge in [-0.3, -0.25) is 19.0 Å². The van der Waals surface area contributed by atoms with Crippen LogP contribution in [0.3, 0.4) is 0 Å². The molecule has 0 aliphatic heterocycles. The van der Waals surface area contributed by atoms with Crippen LogP contribution in [0.5, 0.6) is 0 Å². The SMILES string of the molecule is Cn1cccc(C(=O)NCCn2cnc(C3CC3)cc2=O)c1=O. The summed E-state index contributed by atoms with van der Waals surface area (Å²) in [6.45, 7) is 0.566. The summed E-state index contributed by atoms with van der Waals surface area (Å²) in [5.41, 5.74) is 0.469. The molecule has 1 saturated carbocycles. The molecule has 1 aliphatic rings. The van der Waals surface area contributed by atoms with Crippen LogP contribution in [-0.2, 0) is 13.6 Å². The van der Waals surface area contributed by atoms with Crippen molar-refractivity contribution in [2.75, 3.05) is 6.54 Å². The van der Waals surface area contributed by atoms with Gasteiger partial charge in [0, 0.05) is 38.3 Å². The lowest BCUT2D eigenvalue weighted by molar-refractivity contribution is 0.0950. The van der Waals surface area contributed by atoms with Crippen LogP contribution >= 0.6 is 0 Å². The Hall–Kier alpha value is -2.70. The van der Waals surface area contributed by atoms with Crippen LogP contribution in [0.25, 0.3) is 0 Å². The fourth-order valence-corrected chi connectivity index (χ4v) is 2.37. The fourth-order valence-electron chi connectivity index (χ4n) is 2.37. The summed E-state index contributed by atoms with van der Waals surface area (Å²) >= 11 is 0. The molecule has 2 aromatic heterocycles. The Morgan fingerprint density at radius 2 is 2.17 bits per heavy atom. The Kier molecular flexibility index (Phi) is 4.10. The number of aryl methyl sites for hydroxylation is 1. The maximum atomic E-state index is 12.0. The highest BCUT2D eigenvalue weighted by atomic mass is 16.2. The average molecular weight is 314 g/mol. The molecule has 1 amide bonds. The van der Waals surface area contributed by atoms with Crippen molar-refractivity contribution in [3.63, 3.8) is 0 Å². The lowest BCUT2D eigenvalue weighted by Crippen LogP contribution is -2.35. The Bertz CT molecular complexity index is 849. The van der Waals surface area contributed by atoms with Crippen LogP contribution in [0, 0.1) is 0 Å². The number of pyridine rings is 1. The number of hydrogen-bond acceptors (Lipinski definition) is 4. The molecule has 1 N–H and O–H groups in total. The first kappa shape index (κ1) is 15.2. The zero-order valence-corrected chi connectivity index (χ0v) is 12.9. The van der Waals surface area contributed by atoms with E-state index in [0.29, 0.717) is 12.5 Å². The molecule has 7 heteroatoms. The van der Waals surface area contributed by atoms with Crippen molar-refractivity contribution in [1.29, 1.82) is 0 Å². The number of carbonyl (C=O) groups excluding carboxylic acids is 1. The van der Waals surface area contributed by atoms with Crippen LogP contribution in [0.1, 0.15) is 34.8 Å². The highest BCUT2D eigenvalue weighted by Gasteiger charge is 2.25. The molecule has 0 spiro atoms.